The summed E-state index contributed by atoms with van der Waals surface area (Å²) in [6.07, 6.45) is 2.25. The highest BCUT2D eigenvalue weighted by Crippen LogP contribution is 2.44. The minimum Gasteiger partial charge on any atom is -0.468 e. The predicted molar refractivity (Wildman–Crippen MR) is 129 cm³/mol. The fraction of sp³-hybridized carbons (Fsp3) is 0.500. The molecule has 0 radical (unpaired) electrons. The van der Waals surface area contributed by atoms with Gasteiger partial charge >= 0.3 is 17.7 Å². The van der Waals surface area contributed by atoms with E-state index in [1.165, 1.54) is 12.0 Å². The third-order valence-corrected chi connectivity index (χ3v) is 7.89. The fourth-order valence-corrected chi connectivity index (χ4v) is 6.43. The summed E-state index contributed by atoms with van der Waals surface area (Å²) in [6, 6.07) is 6.99. The highest BCUT2D eigenvalue weighted by molar-refractivity contribution is 6.28. The number of nitrogens with zero attached hydrogens (tertiary/aromatic N) is 5. The number of hydrogen-bond donors (Lipinski definition) is 1. The number of carboxylic acid groups (broad SMARTS) is 1. The Morgan fingerprint density at radius 2 is 1.94 bits per heavy atom. The Bertz CT molecular complexity index is 1230. The number of aryl methyl sites for hydroxylation is 1. The SMILES string of the molecule is COC(=O)C1(Cc2nc(Cl)nc(N3C[C@H]4CC[C@@H](C3)N4C(=O)O)c2[N+](=O)[O-])CCCc2ccccc21. The number of ether oxygens (including phenoxy) is 1. The average molecular weight is 516 g/mol. The molecule has 5 rings (SSSR count). The summed E-state index contributed by atoms with van der Waals surface area (Å²) in [6.45, 7) is 0.531. The lowest BCUT2D eigenvalue weighted by molar-refractivity contribution is -0.385. The van der Waals surface area contributed by atoms with Crippen molar-refractivity contribution in [2.75, 3.05) is 25.1 Å². The van der Waals surface area contributed by atoms with Crippen molar-refractivity contribution in [3.63, 3.8) is 0 Å². The smallest absolute Gasteiger partial charge is 0.407 e. The van der Waals surface area contributed by atoms with Gasteiger partial charge in [-0.3, -0.25) is 19.8 Å². The van der Waals surface area contributed by atoms with Crippen molar-refractivity contribution in [2.24, 2.45) is 0 Å². The Morgan fingerprint density at radius 1 is 1.25 bits per heavy atom. The molecule has 1 amide bonds. The third kappa shape index (κ3) is 3.91. The number of hydrogen-bond acceptors (Lipinski definition) is 8. The van der Waals surface area contributed by atoms with Crippen molar-refractivity contribution in [3.8, 4) is 0 Å². The van der Waals surface area contributed by atoms with Gasteiger partial charge < -0.3 is 14.7 Å². The van der Waals surface area contributed by atoms with Crippen LogP contribution in [-0.4, -0.2) is 69.2 Å². The fourth-order valence-electron chi connectivity index (χ4n) is 6.25. The summed E-state index contributed by atoms with van der Waals surface area (Å²) in [5.74, 6) is -0.422. The van der Waals surface area contributed by atoms with E-state index in [2.05, 4.69) is 9.97 Å². The number of carbonyl (C=O) groups excluding carboxylic acids is 1. The van der Waals surface area contributed by atoms with Crippen LogP contribution >= 0.6 is 11.6 Å². The predicted octanol–water partition coefficient (Wildman–Crippen LogP) is 3.36. The minimum atomic E-state index is -1.15. The zero-order valence-electron chi connectivity index (χ0n) is 19.7. The van der Waals surface area contributed by atoms with Crippen LogP contribution in [0.3, 0.4) is 0 Å². The number of aromatic nitrogens is 2. The average Bonchev–Trinajstić information content (AvgIpc) is 3.13. The zero-order valence-corrected chi connectivity index (χ0v) is 20.5. The van der Waals surface area contributed by atoms with Crippen molar-refractivity contribution in [3.05, 3.63) is 56.5 Å². The first-order valence-corrected chi connectivity index (χ1v) is 12.3. The van der Waals surface area contributed by atoms with Crippen LogP contribution in [0.15, 0.2) is 24.3 Å². The number of anilines is 1. The number of piperazine rings is 1. The van der Waals surface area contributed by atoms with E-state index in [1.54, 1.807) is 4.90 Å². The van der Waals surface area contributed by atoms with Crippen molar-refractivity contribution >= 4 is 35.2 Å². The zero-order chi connectivity index (χ0) is 25.6. The van der Waals surface area contributed by atoms with Crippen LogP contribution in [0.1, 0.15) is 42.5 Å². The maximum absolute atomic E-state index is 13.3. The largest absolute Gasteiger partial charge is 0.468 e. The number of esters is 1. The summed E-state index contributed by atoms with van der Waals surface area (Å²) in [5.41, 5.74) is 0.379. The molecular formula is C24H26ClN5O6. The Kier molecular flexibility index (Phi) is 6.19. The summed E-state index contributed by atoms with van der Waals surface area (Å²) in [4.78, 5) is 48.5. The van der Waals surface area contributed by atoms with Gasteiger partial charge in [-0.1, -0.05) is 24.3 Å². The molecule has 12 heteroatoms. The lowest BCUT2D eigenvalue weighted by Gasteiger charge is -2.40. The van der Waals surface area contributed by atoms with E-state index in [-0.39, 0.29) is 54.1 Å². The first-order chi connectivity index (χ1) is 17.2. The first kappa shape index (κ1) is 24.2. The maximum atomic E-state index is 13.3. The molecule has 2 fully saturated rings. The van der Waals surface area contributed by atoms with Crippen molar-refractivity contribution < 1.29 is 24.4 Å². The van der Waals surface area contributed by atoms with Crippen LogP contribution in [0.2, 0.25) is 5.28 Å². The molecule has 0 saturated carbocycles. The maximum Gasteiger partial charge on any atom is 0.407 e. The van der Waals surface area contributed by atoms with Gasteiger partial charge in [0.15, 0.2) is 0 Å². The highest BCUT2D eigenvalue weighted by atomic mass is 35.5. The van der Waals surface area contributed by atoms with Crippen LogP contribution in [0, 0.1) is 10.1 Å². The summed E-state index contributed by atoms with van der Waals surface area (Å²) >= 11 is 6.30. The van der Waals surface area contributed by atoms with Gasteiger partial charge in [-0.2, -0.15) is 4.98 Å². The highest BCUT2D eigenvalue weighted by Gasteiger charge is 2.48. The van der Waals surface area contributed by atoms with Gasteiger partial charge in [0, 0.05) is 19.5 Å². The lowest BCUT2D eigenvalue weighted by Crippen LogP contribution is -2.55. The number of halogens is 1. The summed E-state index contributed by atoms with van der Waals surface area (Å²) in [5, 5.41) is 21.8. The van der Waals surface area contributed by atoms with Gasteiger partial charge in [0.25, 0.3) is 0 Å². The quantitative estimate of drug-likeness (QED) is 0.275. The molecule has 1 N–H and O–H groups in total. The number of rotatable bonds is 5. The second kappa shape index (κ2) is 9.20. The number of benzene rings is 1. The van der Waals surface area contributed by atoms with Gasteiger partial charge in [0.2, 0.25) is 11.1 Å². The van der Waals surface area contributed by atoms with Crippen molar-refractivity contribution in [1.82, 2.24) is 14.9 Å². The molecule has 2 saturated heterocycles. The molecular weight excluding hydrogens is 490 g/mol. The van der Waals surface area contributed by atoms with E-state index < -0.39 is 22.4 Å². The molecule has 11 nitrogen and oxygen atoms in total. The van der Waals surface area contributed by atoms with Crippen molar-refractivity contribution in [2.45, 2.75) is 56.0 Å². The molecule has 2 aliphatic heterocycles. The molecule has 2 bridgehead atoms. The monoisotopic (exact) mass is 515 g/mol. The number of amides is 1. The van der Waals surface area contributed by atoms with Crippen LogP contribution in [0.5, 0.6) is 0 Å². The summed E-state index contributed by atoms with van der Waals surface area (Å²) < 4.78 is 5.21. The number of nitro groups is 1. The van der Waals surface area contributed by atoms with E-state index >= 15 is 0 Å². The molecule has 1 aliphatic carbocycles. The van der Waals surface area contributed by atoms with E-state index in [4.69, 9.17) is 16.3 Å². The molecule has 1 aromatic heterocycles. The third-order valence-electron chi connectivity index (χ3n) is 7.72. The Morgan fingerprint density at radius 3 is 2.58 bits per heavy atom. The summed E-state index contributed by atoms with van der Waals surface area (Å²) in [7, 11) is 1.31. The van der Waals surface area contributed by atoms with Gasteiger partial charge in [-0.05, 0) is 54.8 Å². The number of methoxy groups -OCH3 is 1. The number of carbonyl (C=O) groups is 2. The molecule has 3 aliphatic rings. The molecule has 1 aromatic carbocycles. The first-order valence-electron chi connectivity index (χ1n) is 11.9. The van der Waals surface area contributed by atoms with Gasteiger partial charge in [0.1, 0.15) is 5.69 Å². The van der Waals surface area contributed by atoms with Crippen LogP contribution < -0.4 is 4.90 Å². The Balaban J connectivity index is 1.59. The van der Waals surface area contributed by atoms with Crippen LogP contribution in [-0.2, 0) is 27.8 Å². The van der Waals surface area contributed by atoms with Crippen LogP contribution in [0.4, 0.5) is 16.3 Å². The molecule has 36 heavy (non-hydrogen) atoms. The molecule has 2 aromatic rings. The molecule has 3 heterocycles. The van der Waals surface area contributed by atoms with E-state index in [0.29, 0.717) is 25.7 Å². The van der Waals surface area contributed by atoms with Gasteiger partial charge in [0.05, 0.1) is 29.5 Å². The van der Waals surface area contributed by atoms with E-state index in [9.17, 15) is 24.8 Å². The Labute approximate surface area is 212 Å². The lowest BCUT2D eigenvalue weighted by atomic mass is 9.67. The second-order valence-corrected chi connectivity index (χ2v) is 9.95. The minimum absolute atomic E-state index is 0.0565. The normalized spacial score (nSPS) is 24.8. The molecule has 0 spiro atoms. The standard InChI is InChI=1S/C24H26ClN5O6/c1-36-21(31)24(10-4-6-14-5-2-3-7-17(14)24)11-18-19(30(34)35)20(27-22(25)26-18)28-12-15-8-9-16(13-28)29(15)23(32)33/h2-3,5,7,15-16H,4,6,8-13H2,1H3,(H,32,33)/t15-,16+,24?. The second-order valence-electron chi connectivity index (χ2n) is 9.61. The molecule has 1 unspecified atom stereocenters. The molecule has 190 valence electrons. The van der Waals surface area contributed by atoms with E-state index in [0.717, 1.165) is 17.5 Å². The Hall–Kier alpha value is -3.47. The van der Waals surface area contributed by atoms with Gasteiger partial charge in [-0.25, -0.2) is 9.78 Å². The molecule has 3 atom stereocenters. The van der Waals surface area contributed by atoms with E-state index in [1.807, 2.05) is 24.3 Å². The van der Waals surface area contributed by atoms with Crippen LogP contribution in [0.25, 0.3) is 0 Å². The van der Waals surface area contributed by atoms with Crippen molar-refractivity contribution in [1.29, 1.82) is 0 Å². The topological polar surface area (TPSA) is 139 Å². The number of fused-ring (bicyclic) bond motifs is 3. The van der Waals surface area contributed by atoms with Gasteiger partial charge in [-0.15, -0.1) is 0 Å².